The van der Waals surface area contributed by atoms with Crippen molar-refractivity contribution in [1.82, 2.24) is 0 Å². The van der Waals surface area contributed by atoms with E-state index in [9.17, 15) is 14.5 Å². The van der Waals surface area contributed by atoms with Crippen LogP contribution in [0.5, 0.6) is 11.5 Å². The number of nitro benzene ring substituents is 1. The first-order valence-corrected chi connectivity index (χ1v) is 6.02. The molecule has 2 rings (SSSR count). The van der Waals surface area contributed by atoms with Crippen LogP contribution in [0, 0.1) is 21.3 Å². The first kappa shape index (κ1) is 14.7. The van der Waals surface area contributed by atoms with E-state index >= 15 is 0 Å². The molecule has 8 heteroatoms. The van der Waals surface area contributed by atoms with Crippen molar-refractivity contribution in [3.05, 3.63) is 62.9 Å². The molecule has 0 aromatic heterocycles. The summed E-state index contributed by atoms with van der Waals surface area (Å²) in [5, 5.41) is 18.3. The van der Waals surface area contributed by atoms with Gasteiger partial charge < -0.3 is 10.5 Å². The summed E-state index contributed by atoms with van der Waals surface area (Å²) in [6, 6.07) is 7.09. The summed E-state index contributed by atoms with van der Waals surface area (Å²) in [4.78, 5) is 10.2. The van der Waals surface area contributed by atoms with Gasteiger partial charge in [-0.25, -0.2) is 4.39 Å². The van der Waals surface area contributed by atoms with Gasteiger partial charge in [0.1, 0.15) is 17.4 Å². The highest BCUT2D eigenvalue weighted by Crippen LogP contribution is 2.33. The highest BCUT2D eigenvalue weighted by Gasteiger charge is 2.17. The van der Waals surface area contributed by atoms with E-state index in [1.165, 1.54) is 18.2 Å². The fourth-order valence-electron chi connectivity index (χ4n) is 1.63. The Morgan fingerprint density at radius 2 is 2.05 bits per heavy atom. The lowest BCUT2D eigenvalue weighted by molar-refractivity contribution is -0.385. The fourth-order valence-corrected chi connectivity index (χ4v) is 1.90. The second-order valence-electron chi connectivity index (χ2n) is 4.03. The van der Waals surface area contributed by atoms with E-state index in [0.717, 1.165) is 18.2 Å². The van der Waals surface area contributed by atoms with Gasteiger partial charge in [-0.05, 0) is 18.2 Å². The van der Waals surface area contributed by atoms with Crippen molar-refractivity contribution in [3.63, 3.8) is 0 Å². The smallest absolute Gasteiger partial charge is 0.311 e. The monoisotopic (exact) mass is 309 g/mol. The Hall–Kier alpha value is -2.67. The highest BCUT2D eigenvalue weighted by atomic mass is 35.5. The standard InChI is InChI=1S/C13H9ClFN3O3/c14-10-6-8(2-3-9(10)13(16)17)21-12-5-7(15)1-4-11(12)18(19)20/h1-6H,(H3,16,17). The predicted octanol–water partition coefficient (Wildman–Crippen LogP) is 3.46. The summed E-state index contributed by atoms with van der Waals surface area (Å²) in [6.07, 6.45) is 0. The van der Waals surface area contributed by atoms with Crippen LogP contribution in [-0.2, 0) is 0 Å². The molecule has 0 aliphatic carbocycles. The van der Waals surface area contributed by atoms with Crippen LogP contribution in [0.15, 0.2) is 36.4 Å². The third-order valence-corrected chi connectivity index (χ3v) is 2.89. The maximum Gasteiger partial charge on any atom is 0.311 e. The van der Waals surface area contributed by atoms with E-state index in [2.05, 4.69) is 0 Å². The van der Waals surface area contributed by atoms with E-state index in [0.29, 0.717) is 5.56 Å². The van der Waals surface area contributed by atoms with E-state index in [1.54, 1.807) is 0 Å². The summed E-state index contributed by atoms with van der Waals surface area (Å²) >= 11 is 5.92. The average Bonchev–Trinajstić information content (AvgIpc) is 2.37. The molecule has 0 aliphatic heterocycles. The molecule has 0 amide bonds. The van der Waals surface area contributed by atoms with Crippen LogP contribution < -0.4 is 10.5 Å². The van der Waals surface area contributed by atoms with E-state index in [4.69, 9.17) is 27.5 Å². The summed E-state index contributed by atoms with van der Waals surface area (Å²) in [5.41, 5.74) is 5.25. The van der Waals surface area contributed by atoms with Crippen molar-refractivity contribution in [2.45, 2.75) is 0 Å². The van der Waals surface area contributed by atoms with Crippen LogP contribution in [0.2, 0.25) is 5.02 Å². The number of ether oxygens (including phenoxy) is 1. The van der Waals surface area contributed by atoms with Gasteiger partial charge in [0.15, 0.2) is 0 Å². The number of halogens is 2. The molecule has 2 aromatic carbocycles. The van der Waals surface area contributed by atoms with Crippen LogP contribution in [-0.4, -0.2) is 10.8 Å². The molecule has 0 spiro atoms. The molecule has 21 heavy (non-hydrogen) atoms. The molecule has 0 saturated carbocycles. The third-order valence-electron chi connectivity index (χ3n) is 2.58. The number of nitro groups is 1. The number of rotatable bonds is 4. The molecule has 0 fully saturated rings. The molecule has 0 unspecified atom stereocenters. The number of nitrogens with zero attached hydrogens (tertiary/aromatic N) is 1. The molecule has 2 aromatic rings. The summed E-state index contributed by atoms with van der Waals surface area (Å²) in [7, 11) is 0. The SMILES string of the molecule is N=C(N)c1ccc(Oc2cc(F)ccc2[N+](=O)[O-])cc1Cl. The number of hydrogen-bond acceptors (Lipinski definition) is 4. The first-order chi connectivity index (χ1) is 9.88. The van der Waals surface area contributed by atoms with E-state index in [1.807, 2.05) is 0 Å². The van der Waals surface area contributed by atoms with Gasteiger partial charge in [0, 0.05) is 23.8 Å². The Morgan fingerprint density at radius 1 is 1.33 bits per heavy atom. The number of nitrogen functional groups attached to an aromatic ring is 1. The lowest BCUT2D eigenvalue weighted by atomic mass is 10.2. The Labute approximate surface area is 123 Å². The molecule has 0 atom stereocenters. The molecular weight excluding hydrogens is 301 g/mol. The van der Waals surface area contributed by atoms with Crippen molar-refractivity contribution in [1.29, 1.82) is 5.41 Å². The third kappa shape index (κ3) is 3.26. The number of nitrogens with two attached hydrogens (primary N) is 1. The van der Waals surface area contributed by atoms with Gasteiger partial charge in [0.2, 0.25) is 5.75 Å². The molecule has 0 radical (unpaired) electrons. The van der Waals surface area contributed by atoms with Gasteiger partial charge in [0.05, 0.1) is 9.95 Å². The zero-order valence-electron chi connectivity index (χ0n) is 10.5. The summed E-state index contributed by atoms with van der Waals surface area (Å²) < 4.78 is 18.5. The van der Waals surface area contributed by atoms with Crippen LogP contribution >= 0.6 is 11.6 Å². The Bertz CT molecular complexity index is 737. The summed E-state index contributed by atoms with van der Waals surface area (Å²) in [5.74, 6) is -0.962. The van der Waals surface area contributed by atoms with Crippen molar-refractivity contribution in [2.75, 3.05) is 0 Å². The topological polar surface area (TPSA) is 102 Å². The minimum absolute atomic E-state index is 0.152. The van der Waals surface area contributed by atoms with Gasteiger partial charge in [-0.15, -0.1) is 0 Å². The Kier molecular flexibility index (Phi) is 4.04. The Morgan fingerprint density at radius 3 is 2.62 bits per heavy atom. The maximum atomic E-state index is 13.2. The largest absolute Gasteiger partial charge is 0.450 e. The lowest BCUT2D eigenvalue weighted by Crippen LogP contribution is -2.11. The zero-order chi connectivity index (χ0) is 15.6. The van der Waals surface area contributed by atoms with Crippen LogP contribution in [0.4, 0.5) is 10.1 Å². The van der Waals surface area contributed by atoms with Gasteiger partial charge in [-0.2, -0.15) is 0 Å². The number of benzene rings is 2. The minimum atomic E-state index is -0.680. The van der Waals surface area contributed by atoms with Crippen molar-refractivity contribution in [3.8, 4) is 11.5 Å². The van der Waals surface area contributed by atoms with E-state index < -0.39 is 10.7 Å². The second kappa shape index (κ2) is 5.76. The number of nitrogens with one attached hydrogen (secondary N) is 1. The Balaban J connectivity index is 2.38. The summed E-state index contributed by atoms with van der Waals surface area (Å²) in [6.45, 7) is 0. The average molecular weight is 310 g/mol. The van der Waals surface area contributed by atoms with Gasteiger partial charge >= 0.3 is 5.69 Å². The normalized spacial score (nSPS) is 10.2. The minimum Gasteiger partial charge on any atom is -0.450 e. The molecule has 0 heterocycles. The molecule has 0 aliphatic rings. The van der Waals surface area contributed by atoms with Gasteiger partial charge in [-0.1, -0.05) is 11.6 Å². The molecule has 0 bridgehead atoms. The second-order valence-corrected chi connectivity index (χ2v) is 4.43. The molecular formula is C13H9ClFN3O3. The van der Waals surface area contributed by atoms with Crippen LogP contribution in [0.1, 0.15) is 5.56 Å². The predicted molar refractivity (Wildman–Crippen MR) is 75.6 cm³/mol. The number of hydrogen-bond donors (Lipinski definition) is 2. The van der Waals surface area contributed by atoms with Gasteiger partial charge in [0.25, 0.3) is 0 Å². The molecule has 6 nitrogen and oxygen atoms in total. The van der Waals surface area contributed by atoms with Crippen molar-refractivity contribution >= 4 is 23.1 Å². The fraction of sp³-hybridized carbons (Fsp3) is 0. The van der Waals surface area contributed by atoms with Crippen LogP contribution in [0.25, 0.3) is 0 Å². The highest BCUT2D eigenvalue weighted by molar-refractivity contribution is 6.34. The van der Waals surface area contributed by atoms with Crippen LogP contribution in [0.3, 0.4) is 0 Å². The number of amidine groups is 1. The lowest BCUT2D eigenvalue weighted by Gasteiger charge is -2.08. The molecule has 3 N–H and O–H groups in total. The van der Waals surface area contributed by atoms with E-state index in [-0.39, 0.29) is 28.0 Å². The quantitative estimate of drug-likeness (QED) is 0.390. The van der Waals surface area contributed by atoms with Gasteiger partial charge in [-0.3, -0.25) is 15.5 Å². The van der Waals surface area contributed by atoms with Crippen molar-refractivity contribution < 1.29 is 14.1 Å². The maximum absolute atomic E-state index is 13.2. The first-order valence-electron chi connectivity index (χ1n) is 5.64. The van der Waals surface area contributed by atoms with Crippen molar-refractivity contribution in [2.24, 2.45) is 5.73 Å². The molecule has 108 valence electrons. The molecule has 0 saturated heterocycles. The zero-order valence-corrected chi connectivity index (χ0v) is 11.2.